The summed E-state index contributed by atoms with van der Waals surface area (Å²) in [4.78, 5) is 36.9. The van der Waals surface area contributed by atoms with E-state index in [1.807, 2.05) is 12.1 Å². The molecule has 1 aliphatic heterocycles. The minimum Gasteiger partial charge on any atom is -0.466 e. The predicted octanol–water partition coefficient (Wildman–Crippen LogP) is 3.34. The normalized spacial score (nSPS) is 17.8. The average molecular weight is 376 g/mol. The van der Waals surface area contributed by atoms with E-state index in [1.54, 1.807) is 37.3 Å². The number of carbonyl (C=O) groups is 2. The summed E-state index contributed by atoms with van der Waals surface area (Å²) in [5.41, 5.74) is 2.93. The molecule has 1 aliphatic carbocycles. The Hall–Kier alpha value is -3.74. The Labute approximate surface area is 160 Å². The van der Waals surface area contributed by atoms with Crippen LogP contribution in [0.2, 0.25) is 0 Å². The van der Waals surface area contributed by atoms with Crippen molar-refractivity contribution < 1.29 is 19.2 Å². The first-order valence-electron chi connectivity index (χ1n) is 8.63. The Balaban J connectivity index is 2.02. The van der Waals surface area contributed by atoms with Crippen LogP contribution in [-0.2, 0) is 9.53 Å². The molecule has 0 aromatic heterocycles. The number of allylic oxidation sites excluding steroid dienone is 2. The van der Waals surface area contributed by atoms with Crippen LogP contribution in [0.4, 0.5) is 5.69 Å². The van der Waals surface area contributed by atoms with E-state index in [0.717, 1.165) is 0 Å². The molecule has 28 heavy (non-hydrogen) atoms. The van der Waals surface area contributed by atoms with Gasteiger partial charge < -0.3 is 10.1 Å². The van der Waals surface area contributed by atoms with Gasteiger partial charge in [0, 0.05) is 34.0 Å². The van der Waals surface area contributed by atoms with Crippen molar-refractivity contribution in [2.24, 2.45) is 0 Å². The highest BCUT2D eigenvalue weighted by molar-refractivity contribution is 6.23. The summed E-state index contributed by atoms with van der Waals surface area (Å²) in [5.74, 6) is -1.79. The lowest BCUT2D eigenvalue weighted by Crippen LogP contribution is -2.29. The molecule has 0 radical (unpaired) electrons. The van der Waals surface area contributed by atoms with Crippen LogP contribution in [-0.4, -0.2) is 23.8 Å². The van der Waals surface area contributed by atoms with Gasteiger partial charge in [0.25, 0.3) is 5.69 Å². The zero-order valence-electron chi connectivity index (χ0n) is 15.2. The van der Waals surface area contributed by atoms with Crippen LogP contribution in [0.15, 0.2) is 65.4 Å². The molecule has 1 atom stereocenters. The number of nitro groups is 1. The van der Waals surface area contributed by atoms with Crippen LogP contribution in [0, 0.1) is 10.1 Å². The van der Waals surface area contributed by atoms with E-state index in [2.05, 4.69) is 5.32 Å². The Morgan fingerprint density at radius 1 is 1.11 bits per heavy atom. The van der Waals surface area contributed by atoms with E-state index < -0.39 is 16.8 Å². The van der Waals surface area contributed by atoms with E-state index in [1.165, 1.54) is 13.2 Å². The van der Waals surface area contributed by atoms with E-state index in [4.69, 9.17) is 4.74 Å². The number of dihydropyridines is 1. The minimum absolute atomic E-state index is 0.154. The molecule has 4 rings (SSSR count). The van der Waals surface area contributed by atoms with Crippen LogP contribution in [0.1, 0.15) is 34.3 Å². The number of carbonyl (C=O) groups excluding carboxylic acids is 2. The van der Waals surface area contributed by atoms with Crippen molar-refractivity contribution in [3.05, 3.63) is 92.2 Å². The second-order valence-corrected chi connectivity index (χ2v) is 6.57. The highest BCUT2D eigenvalue weighted by atomic mass is 16.6. The molecule has 0 spiro atoms. The second kappa shape index (κ2) is 6.45. The summed E-state index contributed by atoms with van der Waals surface area (Å²) >= 11 is 0. The lowest BCUT2D eigenvalue weighted by molar-refractivity contribution is -0.385. The summed E-state index contributed by atoms with van der Waals surface area (Å²) < 4.78 is 4.93. The molecule has 2 aromatic rings. The molecular formula is C21H16N2O5. The summed E-state index contributed by atoms with van der Waals surface area (Å²) in [6.07, 6.45) is 0. The van der Waals surface area contributed by atoms with Crippen molar-refractivity contribution in [1.29, 1.82) is 0 Å². The van der Waals surface area contributed by atoms with Gasteiger partial charge in [-0.05, 0) is 6.92 Å². The Kier molecular flexibility index (Phi) is 4.07. The van der Waals surface area contributed by atoms with E-state index >= 15 is 0 Å². The molecule has 1 N–H and O–H groups in total. The molecule has 0 amide bonds. The van der Waals surface area contributed by atoms with Crippen molar-refractivity contribution in [3.8, 4) is 0 Å². The number of methoxy groups -OCH3 is 1. The van der Waals surface area contributed by atoms with Crippen molar-refractivity contribution in [2.45, 2.75) is 12.8 Å². The average Bonchev–Trinajstić information content (AvgIpc) is 2.98. The van der Waals surface area contributed by atoms with Crippen LogP contribution in [0.3, 0.4) is 0 Å². The van der Waals surface area contributed by atoms with Crippen molar-refractivity contribution in [2.75, 3.05) is 7.11 Å². The third-order valence-corrected chi connectivity index (χ3v) is 5.10. The number of para-hydroxylation sites is 1. The van der Waals surface area contributed by atoms with Gasteiger partial charge in [-0.15, -0.1) is 0 Å². The number of nitro benzene ring substituents is 1. The summed E-state index contributed by atoms with van der Waals surface area (Å²) in [6, 6.07) is 13.3. The first-order chi connectivity index (χ1) is 13.5. The molecule has 140 valence electrons. The minimum atomic E-state index is -0.898. The number of esters is 1. The Bertz CT molecular complexity index is 1110. The third kappa shape index (κ3) is 2.44. The van der Waals surface area contributed by atoms with Gasteiger partial charge in [-0.1, -0.05) is 42.5 Å². The number of Topliss-reactive ketones (excluding diaryl/α,β-unsaturated/α-hetero) is 1. The van der Waals surface area contributed by atoms with Gasteiger partial charge in [0.05, 0.1) is 29.2 Å². The van der Waals surface area contributed by atoms with Crippen molar-refractivity contribution >= 4 is 23.1 Å². The first-order valence-corrected chi connectivity index (χ1v) is 8.63. The lowest BCUT2D eigenvalue weighted by atomic mass is 9.79. The molecule has 1 heterocycles. The smallest absolute Gasteiger partial charge is 0.336 e. The summed E-state index contributed by atoms with van der Waals surface area (Å²) in [5, 5.41) is 14.8. The molecule has 0 fully saturated rings. The molecule has 0 unspecified atom stereocenters. The van der Waals surface area contributed by atoms with E-state index in [9.17, 15) is 19.7 Å². The van der Waals surface area contributed by atoms with E-state index in [-0.39, 0.29) is 22.6 Å². The number of hydrogen-bond acceptors (Lipinski definition) is 6. The fourth-order valence-electron chi connectivity index (χ4n) is 3.92. The van der Waals surface area contributed by atoms with Crippen LogP contribution >= 0.6 is 0 Å². The van der Waals surface area contributed by atoms with Gasteiger partial charge in [0.15, 0.2) is 5.78 Å². The van der Waals surface area contributed by atoms with Gasteiger partial charge in [-0.2, -0.15) is 0 Å². The zero-order valence-corrected chi connectivity index (χ0v) is 15.2. The Morgan fingerprint density at radius 3 is 2.43 bits per heavy atom. The zero-order chi connectivity index (χ0) is 20.0. The van der Waals surface area contributed by atoms with Crippen LogP contribution in [0.5, 0.6) is 0 Å². The highest BCUT2D eigenvalue weighted by Gasteiger charge is 2.44. The molecule has 0 saturated carbocycles. The number of benzene rings is 2. The maximum absolute atomic E-state index is 13.2. The molecule has 0 saturated heterocycles. The van der Waals surface area contributed by atoms with Gasteiger partial charge in [-0.3, -0.25) is 14.9 Å². The number of ketones is 1. The lowest BCUT2D eigenvalue weighted by Gasteiger charge is -2.28. The van der Waals surface area contributed by atoms with Gasteiger partial charge in [-0.25, -0.2) is 4.79 Å². The van der Waals surface area contributed by atoms with Crippen LogP contribution in [0.25, 0.3) is 5.70 Å². The maximum Gasteiger partial charge on any atom is 0.336 e. The fraction of sp³-hybridized carbons (Fsp3) is 0.143. The van der Waals surface area contributed by atoms with Crippen LogP contribution < -0.4 is 5.32 Å². The number of hydrogen-bond donors (Lipinski definition) is 1. The summed E-state index contributed by atoms with van der Waals surface area (Å²) in [7, 11) is 1.24. The van der Waals surface area contributed by atoms with Crippen molar-refractivity contribution in [3.63, 3.8) is 0 Å². The van der Waals surface area contributed by atoms with E-state index in [0.29, 0.717) is 28.1 Å². The van der Waals surface area contributed by atoms with Gasteiger partial charge in [0.2, 0.25) is 0 Å². The van der Waals surface area contributed by atoms with Crippen molar-refractivity contribution in [1.82, 2.24) is 5.32 Å². The number of nitrogens with zero attached hydrogens (tertiary/aromatic N) is 1. The predicted molar refractivity (Wildman–Crippen MR) is 101 cm³/mol. The Morgan fingerprint density at radius 2 is 1.75 bits per heavy atom. The monoisotopic (exact) mass is 376 g/mol. The van der Waals surface area contributed by atoms with Gasteiger partial charge in [0.1, 0.15) is 0 Å². The largest absolute Gasteiger partial charge is 0.466 e. The highest BCUT2D eigenvalue weighted by Crippen LogP contribution is 2.48. The molecule has 7 heteroatoms. The summed E-state index contributed by atoms with van der Waals surface area (Å²) in [6.45, 7) is 1.70. The number of nitrogens with one attached hydrogen (secondary N) is 1. The molecule has 2 aromatic carbocycles. The third-order valence-electron chi connectivity index (χ3n) is 5.10. The quantitative estimate of drug-likeness (QED) is 0.501. The maximum atomic E-state index is 13.2. The number of fused-ring (bicyclic) bond motifs is 2. The SMILES string of the molecule is COC(=O)C1=C(C)NC2=C(C(=O)c3ccccc32)[C@H]1c1ccccc1[N+](=O)[O-]. The molecular weight excluding hydrogens is 360 g/mol. The fourth-order valence-corrected chi connectivity index (χ4v) is 3.92. The van der Waals surface area contributed by atoms with Gasteiger partial charge >= 0.3 is 5.97 Å². The molecule has 7 nitrogen and oxygen atoms in total. The molecule has 0 bridgehead atoms. The number of ether oxygens (including phenoxy) is 1. The number of rotatable bonds is 3. The topological polar surface area (TPSA) is 98.5 Å². The first kappa shape index (κ1) is 17.7. The second-order valence-electron chi connectivity index (χ2n) is 6.57. The molecule has 2 aliphatic rings. The standard InChI is InChI=1S/C21H16N2O5/c1-11-16(21(25)28-2)17(14-9-5-6-10-15(14)23(26)27)18-19(22-11)12-7-3-4-8-13(12)20(18)24/h3-10,17,22H,1-2H3/t17-/m0/s1.